The van der Waals surface area contributed by atoms with Gasteiger partial charge in [-0.2, -0.15) is 0 Å². The largest absolute Gasteiger partial charge is 0.493 e. The third-order valence-electron chi connectivity index (χ3n) is 2.78. The van der Waals surface area contributed by atoms with E-state index in [1.165, 1.54) is 13.8 Å². The second kappa shape index (κ2) is 5.70. The van der Waals surface area contributed by atoms with Crippen molar-refractivity contribution in [3.8, 4) is 5.75 Å². The van der Waals surface area contributed by atoms with E-state index >= 15 is 0 Å². The van der Waals surface area contributed by atoms with Crippen molar-refractivity contribution in [2.24, 2.45) is 0 Å². The molecule has 0 atom stereocenters. The highest BCUT2D eigenvalue weighted by Gasteiger charge is 2.30. The fourth-order valence-corrected chi connectivity index (χ4v) is 1.55. The Hall–Kier alpha value is -1.76. The maximum absolute atomic E-state index is 13.9. The molecule has 2 N–H and O–H groups in total. The first-order valence-electron chi connectivity index (χ1n) is 5.80. The fraction of sp³-hybridized carbons (Fsp3) is 0.462. The molecule has 1 rings (SSSR count). The molecule has 0 fully saturated rings. The number of benzene rings is 1. The molecule has 0 aliphatic carbocycles. The molecular formula is C13H16F3NO3. The molecule has 0 aliphatic rings. The van der Waals surface area contributed by atoms with Crippen LogP contribution in [0.2, 0.25) is 0 Å². The predicted octanol–water partition coefficient (Wildman–Crippen LogP) is 1.92. The van der Waals surface area contributed by atoms with Crippen molar-refractivity contribution in [3.63, 3.8) is 0 Å². The van der Waals surface area contributed by atoms with E-state index in [0.29, 0.717) is 0 Å². The fourth-order valence-electron chi connectivity index (χ4n) is 1.55. The Kier molecular flexibility index (Phi) is 4.65. The number of amides is 1. The van der Waals surface area contributed by atoms with Gasteiger partial charge in [-0.05, 0) is 20.8 Å². The molecule has 0 spiro atoms. The summed E-state index contributed by atoms with van der Waals surface area (Å²) in [4.78, 5) is 12.0. The molecule has 1 amide bonds. The van der Waals surface area contributed by atoms with E-state index in [0.717, 1.165) is 14.0 Å². The summed E-state index contributed by atoms with van der Waals surface area (Å²) in [5, 5.41) is 11.3. The standard InChI is InChI=1S/C13H16F3NO3/c1-6-8(14)10(16)7(11(20-4)9(6)15)12(19)17-13(2,3)5-18/h18H,5H2,1-4H3,(H,17,19). The van der Waals surface area contributed by atoms with Crippen LogP contribution in [0.15, 0.2) is 0 Å². The van der Waals surface area contributed by atoms with Crippen LogP contribution in [0.1, 0.15) is 29.8 Å². The van der Waals surface area contributed by atoms with Crippen LogP contribution >= 0.6 is 0 Å². The molecule has 4 nitrogen and oxygen atoms in total. The Morgan fingerprint density at radius 2 is 1.80 bits per heavy atom. The Labute approximate surface area is 114 Å². The highest BCUT2D eigenvalue weighted by atomic mass is 19.2. The van der Waals surface area contributed by atoms with Crippen LogP contribution in [0.25, 0.3) is 0 Å². The lowest BCUT2D eigenvalue weighted by Gasteiger charge is -2.24. The van der Waals surface area contributed by atoms with Crippen LogP contribution in [-0.4, -0.2) is 30.3 Å². The van der Waals surface area contributed by atoms with E-state index in [1.54, 1.807) is 0 Å². The zero-order chi connectivity index (χ0) is 15.7. The van der Waals surface area contributed by atoms with Gasteiger partial charge in [-0.1, -0.05) is 0 Å². The third-order valence-corrected chi connectivity index (χ3v) is 2.78. The molecular weight excluding hydrogens is 275 g/mol. The smallest absolute Gasteiger partial charge is 0.258 e. The SMILES string of the molecule is COc1c(F)c(C)c(F)c(F)c1C(=O)NC(C)(C)CO. The molecule has 20 heavy (non-hydrogen) atoms. The average molecular weight is 291 g/mol. The molecule has 7 heteroatoms. The van der Waals surface area contributed by atoms with E-state index in [-0.39, 0.29) is 0 Å². The van der Waals surface area contributed by atoms with Crippen molar-refractivity contribution < 1.29 is 27.8 Å². The summed E-state index contributed by atoms with van der Waals surface area (Å²) in [6.07, 6.45) is 0. The predicted molar refractivity (Wildman–Crippen MR) is 66.2 cm³/mol. The molecule has 1 aromatic rings. The minimum atomic E-state index is -1.49. The summed E-state index contributed by atoms with van der Waals surface area (Å²) >= 11 is 0. The first-order valence-corrected chi connectivity index (χ1v) is 5.80. The molecule has 0 bridgehead atoms. The minimum Gasteiger partial charge on any atom is -0.493 e. The zero-order valence-electron chi connectivity index (χ0n) is 11.6. The number of carbonyl (C=O) groups is 1. The number of halogens is 3. The topological polar surface area (TPSA) is 58.6 Å². The van der Waals surface area contributed by atoms with E-state index in [9.17, 15) is 18.0 Å². The first-order chi connectivity index (χ1) is 9.16. The van der Waals surface area contributed by atoms with Gasteiger partial charge in [0.15, 0.2) is 23.2 Å². The lowest BCUT2D eigenvalue weighted by atomic mass is 10.0. The molecule has 0 saturated heterocycles. The maximum Gasteiger partial charge on any atom is 0.258 e. The van der Waals surface area contributed by atoms with Crippen molar-refractivity contribution in [2.75, 3.05) is 13.7 Å². The number of aliphatic hydroxyl groups is 1. The Bertz CT molecular complexity index is 544. The Morgan fingerprint density at radius 3 is 2.25 bits per heavy atom. The molecule has 0 radical (unpaired) electrons. The van der Waals surface area contributed by atoms with Crippen LogP contribution in [0.3, 0.4) is 0 Å². The minimum absolute atomic E-state index is 0.431. The van der Waals surface area contributed by atoms with Crippen molar-refractivity contribution in [3.05, 3.63) is 28.6 Å². The molecule has 1 aromatic carbocycles. The number of ether oxygens (including phenoxy) is 1. The monoisotopic (exact) mass is 291 g/mol. The van der Waals surface area contributed by atoms with Crippen LogP contribution < -0.4 is 10.1 Å². The van der Waals surface area contributed by atoms with Gasteiger partial charge in [0, 0.05) is 5.56 Å². The summed E-state index contributed by atoms with van der Waals surface area (Å²) in [6.45, 7) is 3.54. The molecule has 0 saturated carbocycles. The lowest BCUT2D eigenvalue weighted by molar-refractivity contribution is 0.0859. The van der Waals surface area contributed by atoms with Gasteiger partial charge in [0.25, 0.3) is 5.91 Å². The molecule has 0 aliphatic heterocycles. The number of aliphatic hydroxyl groups excluding tert-OH is 1. The van der Waals surface area contributed by atoms with E-state index in [2.05, 4.69) is 10.1 Å². The quantitative estimate of drug-likeness (QED) is 0.833. The van der Waals surface area contributed by atoms with Gasteiger partial charge in [-0.3, -0.25) is 4.79 Å². The first kappa shape index (κ1) is 16.3. The molecule has 112 valence electrons. The van der Waals surface area contributed by atoms with E-state index < -0.39 is 52.4 Å². The van der Waals surface area contributed by atoms with Gasteiger partial charge in [-0.25, -0.2) is 13.2 Å². The second-order valence-electron chi connectivity index (χ2n) is 4.97. The highest BCUT2D eigenvalue weighted by Crippen LogP contribution is 2.31. The zero-order valence-corrected chi connectivity index (χ0v) is 11.6. The number of hydrogen-bond acceptors (Lipinski definition) is 3. The normalized spacial score (nSPS) is 11.4. The van der Waals surface area contributed by atoms with E-state index in [4.69, 9.17) is 5.11 Å². The van der Waals surface area contributed by atoms with Crippen LogP contribution in [0, 0.1) is 24.4 Å². The number of carbonyl (C=O) groups excluding carboxylic acids is 1. The van der Waals surface area contributed by atoms with E-state index in [1.807, 2.05) is 0 Å². The summed E-state index contributed by atoms with van der Waals surface area (Å²) in [5.41, 5.74) is -2.52. The lowest BCUT2D eigenvalue weighted by Crippen LogP contribution is -2.46. The number of hydrogen-bond donors (Lipinski definition) is 2. The van der Waals surface area contributed by atoms with Gasteiger partial charge in [0.1, 0.15) is 5.56 Å². The van der Waals surface area contributed by atoms with Crippen LogP contribution in [0.4, 0.5) is 13.2 Å². The third kappa shape index (κ3) is 2.87. The van der Waals surface area contributed by atoms with Gasteiger partial charge in [-0.15, -0.1) is 0 Å². The summed E-state index contributed by atoms with van der Waals surface area (Å²) < 4.78 is 45.9. The van der Waals surface area contributed by atoms with Crippen molar-refractivity contribution in [1.82, 2.24) is 5.32 Å². The highest BCUT2D eigenvalue weighted by molar-refractivity contribution is 5.98. The van der Waals surface area contributed by atoms with Crippen molar-refractivity contribution >= 4 is 5.91 Å². The maximum atomic E-state index is 13.9. The molecule has 0 aromatic heterocycles. The second-order valence-corrected chi connectivity index (χ2v) is 4.97. The Morgan fingerprint density at radius 1 is 1.25 bits per heavy atom. The summed E-state index contributed by atoms with van der Waals surface area (Å²) in [5.74, 6) is -5.83. The van der Waals surface area contributed by atoms with Gasteiger partial charge in [0.05, 0.1) is 19.3 Å². The van der Waals surface area contributed by atoms with Gasteiger partial charge in [0.2, 0.25) is 0 Å². The average Bonchev–Trinajstić information content (AvgIpc) is 2.39. The number of rotatable bonds is 4. The summed E-state index contributed by atoms with van der Waals surface area (Å²) in [6, 6.07) is 0. The van der Waals surface area contributed by atoms with Crippen LogP contribution in [0.5, 0.6) is 5.75 Å². The summed E-state index contributed by atoms with van der Waals surface area (Å²) in [7, 11) is 1.04. The molecule has 0 heterocycles. The van der Waals surface area contributed by atoms with Gasteiger partial charge >= 0.3 is 0 Å². The number of nitrogens with one attached hydrogen (secondary N) is 1. The van der Waals surface area contributed by atoms with Crippen molar-refractivity contribution in [2.45, 2.75) is 26.3 Å². The van der Waals surface area contributed by atoms with Crippen molar-refractivity contribution in [1.29, 1.82) is 0 Å². The Balaban J connectivity index is 3.41. The molecule has 0 unspecified atom stereocenters. The number of methoxy groups -OCH3 is 1. The van der Waals surface area contributed by atoms with Crippen LogP contribution in [-0.2, 0) is 0 Å². The van der Waals surface area contributed by atoms with Gasteiger partial charge < -0.3 is 15.2 Å².